The number of nitrogens with one attached hydrogen (secondary N) is 1. The van der Waals surface area contributed by atoms with Crippen molar-refractivity contribution in [3.63, 3.8) is 0 Å². The second kappa shape index (κ2) is 7.41. The summed E-state index contributed by atoms with van der Waals surface area (Å²) in [6.07, 6.45) is 7.09. The Hall–Kier alpha value is -0.380. The van der Waals surface area contributed by atoms with Gasteiger partial charge in [0, 0.05) is 22.3 Å². The third kappa shape index (κ3) is 4.90. The lowest BCUT2D eigenvalue weighted by atomic mass is 9.98. The van der Waals surface area contributed by atoms with E-state index < -0.39 is 0 Å². The van der Waals surface area contributed by atoms with Crippen LogP contribution in [-0.4, -0.2) is 12.1 Å². The predicted octanol–water partition coefficient (Wildman–Crippen LogP) is 4.40. The highest BCUT2D eigenvalue weighted by Crippen LogP contribution is 2.25. The Bertz CT molecular complexity index is 380. The lowest BCUT2D eigenvalue weighted by Crippen LogP contribution is -2.21. The normalized spacial score (nSPS) is 17.3. The first-order valence-electron chi connectivity index (χ1n) is 7.58. The van der Waals surface area contributed by atoms with E-state index in [2.05, 4.69) is 32.2 Å². The summed E-state index contributed by atoms with van der Waals surface area (Å²) in [6.45, 7) is 8.37. The fraction of sp³-hybridized carbons (Fsp3) is 0.750. The number of rotatable bonds is 6. The summed E-state index contributed by atoms with van der Waals surface area (Å²) in [7, 11) is 0. The molecule has 1 fully saturated rings. The van der Waals surface area contributed by atoms with Gasteiger partial charge in [-0.05, 0) is 31.4 Å². The van der Waals surface area contributed by atoms with Crippen molar-refractivity contribution in [2.45, 2.75) is 78.2 Å². The Morgan fingerprint density at radius 2 is 2.05 bits per heavy atom. The molecule has 108 valence electrons. The van der Waals surface area contributed by atoms with Gasteiger partial charge in [-0.25, -0.2) is 0 Å². The summed E-state index contributed by atoms with van der Waals surface area (Å²) in [6, 6.07) is 2.86. The molecule has 3 heteroatoms. The van der Waals surface area contributed by atoms with E-state index in [-0.39, 0.29) is 0 Å². The zero-order valence-corrected chi connectivity index (χ0v) is 13.3. The maximum Gasteiger partial charge on any atom is 0.0731 e. The van der Waals surface area contributed by atoms with Gasteiger partial charge < -0.3 is 10.1 Å². The molecule has 1 heterocycles. The average Bonchev–Trinajstić information content (AvgIpc) is 2.76. The van der Waals surface area contributed by atoms with Gasteiger partial charge in [0.2, 0.25) is 0 Å². The van der Waals surface area contributed by atoms with E-state index in [1.807, 2.05) is 11.3 Å². The molecule has 0 unspecified atom stereocenters. The summed E-state index contributed by atoms with van der Waals surface area (Å²) in [5, 5.41) is 3.48. The predicted molar refractivity (Wildman–Crippen MR) is 82.7 cm³/mol. The molecule has 0 saturated heterocycles. The number of thiophene rings is 1. The quantitative estimate of drug-likeness (QED) is 0.834. The van der Waals surface area contributed by atoms with Crippen LogP contribution >= 0.6 is 11.3 Å². The molecule has 0 bridgehead atoms. The Balaban J connectivity index is 1.82. The topological polar surface area (TPSA) is 21.3 Å². The average molecular weight is 281 g/mol. The molecule has 0 aromatic carbocycles. The van der Waals surface area contributed by atoms with E-state index in [0.717, 1.165) is 13.2 Å². The number of hydrogen-bond acceptors (Lipinski definition) is 3. The molecule has 0 radical (unpaired) electrons. The van der Waals surface area contributed by atoms with Crippen molar-refractivity contribution in [3.8, 4) is 0 Å². The Morgan fingerprint density at radius 1 is 1.32 bits per heavy atom. The smallest absolute Gasteiger partial charge is 0.0731 e. The summed E-state index contributed by atoms with van der Waals surface area (Å²) in [5.74, 6) is 0. The lowest BCUT2D eigenvalue weighted by Gasteiger charge is -2.21. The summed E-state index contributed by atoms with van der Waals surface area (Å²) in [4.78, 5) is 2.84. The van der Waals surface area contributed by atoms with Crippen LogP contribution in [0, 0.1) is 6.92 Å². The fourth-order valence-corrected chi connectivity index (χ4v) is 3.56. The third-order valence-corrected chi connectivity index (χ3v) is 4.88. The van der Waals surface area contributed by atoms with Crippen LogP contribution in [0.3, 0.4) is 0 Å². The number of ether oxygens (including phenoxy) is 1. The minimum Gasteiger partial charge on any atom is -0.374 e. The van der Waals surface area contributed by atoms with Gasteiger partial charge in [0.15, 0.2) is 0 Å². The van der Waals surface area contributed by atoms with Crippen molar-refractivity contribution in [3.05, 3.63) is 21.4 Å². The monoisotopic (exact) mass is 281 g/mol. The Labute approximate surface area is 121 Å². The highest BCUT2D eigenvalue weighted by molar-refractivity contribution is 7.12. The van der Waals surface area contributed by atoms with E-state index >= 15 is 0 Å². The van der Waals surface area contributed by atoms with Crippen molar-refractivity contribution in [2.24, 2.45) is 0 Å². The van der Waals surface area contributed by atoms with Gasteiger partial charge >= 0.3 is 0 Å². The van der Waals surface area contributed by atoms with Crippen LogP contribution in [0.2, 0.25) is 0 Å². The van der Waals surface area contributed by atoms with E-state index in [1.54, 1.807) is 0 Å². The standard InChI is InChI=1S/C16H27NOS/c1-12(2)17-10-16-9-14(13(3)19-16)11-18-15-7-5-4-6-8-15/h9,12,15,17H,4-8,10-11H2,1-3H3. The molecule has 1 aromatic rings. The van der Waals surface area contributed by atoms with E-state index in [0.29, 0.717) is 12.1 Å². The summed E-state index contributed by atoms with van der Waals surface area (Å²) < 4.78 is 6.08. The van der Waals surface area contributed by atoms with Crippen LogP contribution in [0.25, 0.3) is 0 Å². The molecule has 0 amide bonds. The molecule has 1 aliphatic carbocycles. The second-order valence-corrected chi connectivity index (χ2v) is 7.24. The third-order valence-electron chi connectivity index (χ3n) is 3.78. The van der Waals surface area contributed by atoms with Crippen LogP contribution < -0.4 is 5.32 Å². The van der Waals surface area contributed by atoms with Crippen molar-refractivity contribution in [2.75, 3.05) is 0 Å². The molecule has 0 spiro atoms. The first-order valence-corrected chi connectivity index (χ1v) is 8.40. The van der Waals surface area contributed by atoms with Gasteiger partial charge in [0.25, 0.3) is 0 Å². The van der Waals surface area contributed by atoms with Crippen LogP contribution in [0.15, 0.2) is 6.07 Å². The minimum absolute atomic E-state index is 0.505. The van der Waals surface area contributed by atoms with E-state index in [9.17, 15) is 0 Å². The summed E-state index contributed by atoms with van der Waals surface area (Å²) >= 11 is 1.90. The highest BCUT2D eigenvalue weighted by atomic mass is 32.1. The Kier molecular flexibility index (Phi) is 5.86. The molecule has 2 nitrogen and oxygen atoms in total. The van der Waals surface area contributed by atoms with Gasteiger partial charge in [-0.3, -0.25) is 0 Å². The van der Waals surface area contributed by atoms with Gasteiger partial charge in [0.1, 0.15) is 0 Å². The minimum atomic E-state index is 0.505. The molecule has 0 atom stereocenters. The molecule has 1 N–H and O–H groups in total. The molecule has 1 saturated carbocycles. The van der Waals surface area contributed by atoms with E-state index in [1.165, 1.54) is 47.4 Å². The SMILES string of the molecule is Cc1sc(CNC(C)C)cc1COC1CCCCC1. The zero-order valence-electron chi connectivity index (χ0n) is 12.5. The number of hydrogen-bond donors (Lipinski definition) is 1. The highest BCUT2D eigenvalue weighted by Gasteiger charge is 2.15. The number of aryl methyl sites for hydroxylation is 1. The van der Waals surface area contributed by atoms with Crippen LogP contribution in [0.4, 0.5) is 0 Å². The van der Waals surface area contributed by atoms with Gasteiger partial charge in [-0.2, -0.15) is 0 Å². The molecule has 1 aromatic heterocycles. The van der Waals surface area contributed by atoms with Crippen molar-refractivity contribution in [1.82, 2.24) is 5.32 Å². The van der Waals surface area contributed by atoms with Crippen LogP contribution in [0.5, 0.6) is 0 Å². The molecule has 19 heavy (non-hydrogen) atoms. The first-order chi connectivity index (χ1) is 9.15. The van der Waals surface area contributed by atoms with Gasteiger partial charge in [-0.1, -0.05) is 33.1 Å². The molecular weight excluding hydrogens is 254 g/mol. The van der Waals surface area contributed by atoms with Crippen molar-refractivity contribution >= 4 is 11.3 Å². The van der Waals surface area contributed by atoms with E-state index in [4.69, 9.17) is 4.74 Å². The van der Waals surface area contributed by atoms with Gasteiger partial charge in [0.05, 0.1) is 12.7 Å². The molecular formula is C16H27NOS. The lowest BCUT2D eigenvalue weighted by molar-refractivity contribution is 0.0168. The largest absolute Gasteiger partial charge is 0.374 e. The maximum atomic E-state index is 6.08. The molecule has 2 rings (SSSR count). The van der Waals surface area contributed by atoms with Crippen LogP contribution in [0.1, 0.15) is 61.3 Å². The second-order valence-electron chi connectivity index (χ2n) is 5.90. The Morgan fingerprint density at radius 3 is 2.74 bits per heavy atom. The van der Waals surface area contributed by atoms with Crippen LogP contribution in [-0.2, 0) is 17.9 Å². The summed E-state index contributed by atoms with van der Waals surface area (Å²) in [5.41, 5.74) is 1.39. The maximum absolute atomic E-state index is 6.08. The molecule has 0 aliphatic heterocycles. The van der Waals surface area contributed by atoms with Crippen molar-refractivity contribution < 1.29 is 4.74 Å². The first kappa shape index (κ1) is 15.0. The van der Waals surface area contributed by atoms with Gasteiger partial charge in [-0.15, -0.1) is 11.3 Å². The fourth-order valence-electron chi connectivity index (χ4n) is 2.56. The molecule has 1 aliphatic rings. The van der Waals surface area contributed by atoms with Crippen molar-refractivity contribution in [1.29, 1.82) is 0 Å². The zero-order chi connectivity index (χ0) is 13.7.